The molecular formula is C57H59N. The van der Waals surface area contributed by atoms with Crippen molar-refractivity contribution in [1.29, 1.82) is 0 Å². The zero-order valence-electron chi connectivity index (χ0n) is 35.3. The van der Waals surface area contributed by atoms with Gasteiger partial charge in [0.2, 0.25) is 0 Å². The van der Waals surface area contributed by atoms with Crippen LogP contribution in [0.4, 0.5) is 5.69 Å². The summed E-state index contributed by atoms with van der Waals surface area (Å²) in [7, 11) is 0. The molecule has 2 atom stereocenters. The van der Waals surface area contributed by atoms with Gasteiger partial charge in [-0.25, -0.2) is 0 Å². The van der Waals surface area contributed by atoms with Gasteiger partial charge < -0.3 is 4.90 Å². The van der Waals surface area contributed by atoms with Gasteiger partial charge in [-0.05, 0) is 154 Å². The molecule has 2 unspecified atom stereocenters. The summed E-state index contributed by atoms with van der Waals surface area (Å²) in [5.74, 6) is 0.841. The molecule has 292 valence electrons. The second-order valence-electron chi connectivity index (χ2n) is 18.1. The van der Waals surface area contributed by atoms with E-state index in [4.69, 9.17) is 0 Å². The lowest BCUT2D eigenvalue weighted by Crippen LogP contribution is -2.35. The van der Waals surface area contributed by atoms with Crippen LogP contribution in [-0.4, -0.2) is 0 Å². The summed E-state index contributed by atoms with van der Waals surface area (Å²) >= 11 is 0. The van der Waals surface area contributed by atoms with Gasteiger partial charge in [0.15, 0.2) is 0 Å². The van der Waals surface area contributed by atoms with E-state index in [0.29, 0.717) is 11.8 Å². The van der Waals surface area contributed by atoms with Gasteiger partial charge in [0.1, 0.15) is 0 Å². The summed E-state index contributed by atoms with van der Waals surface area (Å²) in [4.78, 5) is 2.58. The first kappa shape index (κ1) is 38.1. The summed E-state index contributed by atoms with van der Waals surface area (Å²) in [6, 6.07) is 32.2. The zero-order chi connectivity index (χ0) is 39.9. The number of allylic oxidation sites excluding steroid dienone is 16. The van der Waals surface area contributed by atoms with E-state index in [1.807, 2.05) is 0 Å². The Balaban J connectivity index is 1.16. The lowest BCUT2D eigenvalue weighted by molar-refractivity contribution is 0.387. The molecule has 0 aromatic heterocycles. The Morgan fingerprint density at radius 1 is 0.690 bits per heavy atom. The van der Waals surface area contributed by atoms with Crippen LogP contribution < -0.4 is 4.90 Å². The van der Waals surface area contributed by atoms with Crippen molar-refractivity contribution in [3.8, 4) is 11.1 Å². The van der Waals surface area contributed by atoms with Crippen LogP contribution in [0.3, 0.4) is 0 Å². The van der Waals surface area contributed by atoms with Crippen LogP contribution in [0.2, 0.25) is 0 Å². The topological polar surface area (TPSA) is 3.24 Å². The Morgan fingerprint density at radius 3 is 2.28 bits per heavy atom. The van der Waals surface area contributed by atoms with Crippen LogP contribution in [0.25, 0.3) is 22.3 Å². The molecule has 58 heavy (non-hydrogen) atoms. The van der Waals surface area contributed by atoms with Crippen molar-refractivity contribution in [3.63, 3.8) is 0 Å². The lowest BCUT2D eigenvalue weighted by Gasteiger charge is -2.43. The summed E-state index contributed by atoms with van der Waals surface area (Å²) in [5, 5.41) is 0. The molecule has 6 aliphatic rings. The summed E-state index contributed by atoms with van der Waals surface area (Å²) in [6.45, 7) is 11.9. The van der Waals surface area contributed by atoms with E-state index < -0.39 is 0 Å². The first-order valence-corrected chi connectivity index (χ1v) is 22.0. The highest BCUT2D eigenvalue weighted by molar-refractivity contribution is 5.89. The fraction of sp³-hybridized carbons (Fsp3) is 0.298. The van der Waals surface area contributed by atoms with Gasteiger partial charge in [-0.3, -0.25) is 0 Å². The molecule has 0 heterocycles. The largest absolute Gasteiger partial charge is 0.311 e. The van der Waals surface area contributed by atoms with Crippen LogP contribution >= 0.6 is 0 Å². The smallest absolute Gasteiger partial charge is 0.0464 e. The van der Waals surface area contributed by atoms with Gasteiger partial charge in [-0.2, -0.15) is 0 Å². The number of benzene rings is 2. The number of anilines is 1. The number of hydrogen-bond acceptors (Lipinski definition) is 1. The first-order chi connectivity index (χ1) is 28.2. The number of fused-ring (bicyclic) bond motifs is 7. The minimum atomic E-state index is -0.0783. The van der Waals surface area contributed by atoms with E-state index in [1.54, 1.807) is 0 Å². The molecule has 2 bridgehead atoms. The predicted octanol–water partition coefficient (Wildman–Crippen LogP) is 15.4. The lowest BCUT2D eigenvalue weighted by atomic mass is 9.62. The van der Waals surface area contributed by atoms with Gasteiger partial charge >= 0.3 is 0 Å². The van der Waals surface area contributed by atoms with Gasteiger partial charge in [0.05, 0.1) is 0 Å². The van der Waals surface area contributed by atoms with Gasteiger partial charge in [0.25, 0.3) is 0 Å². The molecule has 0 aliphatic heterocycles. The van der Waals surface area contributed by atoms with Gasteiger partial charge in [0, 0.05) is 22.5 Å². The molecule has 3 aromatic carbocycles. The van der Waals surface area contributed by atoms with Crippen molar-refractivity contribution in [2.24, 2.45) is 11.8 Å². The maximum absolute atomic E-state index is 2.58. The maximum Gasteiger partial charge on any atom is 0.0464 e. The van der Waals surface area contributed by atoms with E-state index >= 15 is 0 Å². The Bertz CT molecular complexity index is 2480. The summed E-state index contributed by atoms with van der Waals surface area (Å²) in [5.41, 5.74) is 19.1. The molecule has 9 rings (SSSR count). The second kappa shape index (κ2) is 15.7. The van der Waals surface area contributed by atoms with Gasteiger partial charge in [-0.15, -0.1) is 0 Å². The molecule has 0 spiro atoms. The van der Waals surface area contributed by atoms with Crippen molar-refractivity contribution in [2.45, 2.75) is 96.8 Å². The molecule has 0 amide bonds. The van der Waals surface area contributed by atoms with E-state index in [1.165, 1.54) is 78.3 Å². The SMILES string of the molecule is CC/C=C\C1=C(CC2C=CC(N(C3=CCC4C(=C3)c3cc(ccccccc3C3=CCCC=C3)C4(C)C)c3ccc4c(c3)C(C)(C)c3ccccc3-4)=CC2)C=CCC1. The number of nitrogens with zero attached hydrogens (tertiary/aromatic N) is 1. The molecule has 0 N–H and O–H groups in total. The van der Waals surface area contributed by atoms with Crippen molar-refractivity contribution in [1.82, 2.24) is 0 Å². The molecule has 0 radical (unpaired) electrons. The fourth-order valence-electron chi connectivity index (χ4n) is 10.4. The molecule has 1 heteroatoms. The Labute approximate surface area is 348 Å². The molecule has 0 saturated carbocycles. The predicted molar refractivity (Wildman–Crippen MR) is 249 cm³/mol. The molecule has 0 fully saturated rings. The molecule has 3 aromatic rings. The normalized spacial score (nSPS) is 21.9. The van der Waals surface area contributed by atoms with Crippen molar-refractivity contribution in [2.75, 3.05) is 4.90 Å². The second-order valence-corrected chi connectivity index (χ2v) is 18.1. The van der Waals surface area contributed by atoms with E-state index in [0.717, 1.165) is 51.4 Å². The van der Waals surface area contributed by atoms with Crippen molar-refractivity contribution in [3.05, 3.63) is 208 Å². The minimum Gasteiger partial charge on any atom is -0.311 e. The summed E-state index contributed by atoms with van der Waals surface area (Å²) in [6.07, 6.45) is 37.8. The van der Waals surface area contributed by atoms with E-state index in [9.17, 15) is 0 Å². The molecular weight excluding hydrogens is 699 g/mol. The average Bonchev–Trinajstić information content (AvgIpc) is 3.48. The highest BCUT2D eigenvalue weighted by atomic mass is 15.2. The summed E-state index contributed by atoms with van der Waals surface area (Å²) < 4.78 is 0. The van der Waals surface area contributed by atoms with Crippen molar-refractivity contribution >= 4 is 16.8 Å². The number of rotatable bonds is 8. The van der Waals surface area contributed by atoms with E-state index in [2.05, 4.69) is 197 Å². The van der Waals surface area contributed by atoms with Crippen LogP contribution in [0.1, 0.15) is 114 Å². The van der Waals surface area contributed by atoms with Crippen LogP contribution in [0, 0.1) is 11.8 Å². The first-order valence-electron chi connectivity index (χ1n) is 22.0. The highest BCUT2D eigenvalue weighted by Crippen LogP contribution is 2.53. The quantitative estimate of drug-likeness (QED) is 0.221. The monoisotopic (exact) mass is 757 g/mol. The Kier molecular flexibility index (Phi) is 10.4. The highest BCUT2D eigenvalue weighted by Gasteiger charge is 2.41. The standard InChI is InChI=1S/C57H59N/c1-6-7-19-41-20-15-16-23-43(41)36-40-28-30-45(31-29-40)58(47-32-34-50-49-26-17-18-27-53(49)57(4,5)55(50)39-47)46-33-35-54-52(38-46)51-37-44(56(54,2)3)24-13-8-9-14-25-48(51)42-21-11-10-12-22-42/h7-9,11,13-14,16-19,21-28,30-34,37-40,54H,6,10,12,15,20,29,35-36H2,1-5H3/b9-8?,13-8?,14-9?,19-7-,24-13?,25-14?,44-24?,48-25?,51-48?. The minimum absolute atomic E-state index is 0.0225. The van der Waals surface area contributed by atoms with Crippen molar-refractivity contribution < 1.29 is 0 Å². The van der Waals surface area contributed by atoms with Crippen LogP contribution in [0.5, 0.6) is 0 Å². The number of hydrogen-bond donors (Lipinski definition) is 0. The molecule has 6 aliphatic carbocycles. The third-order valence-corrected chi connectivity index (χ3v) is 13.8. The fourth-order valence-corrected chi connectivity index (χ4v) is 10.4. The molecule has 1 nitrogen and oxygen atoms in total. The Morgan fingerprint density at radius 2 is 1.47 bits per heavy atom. The van der Waals surface area contributed by atoms with Crippen LogP contribution in [0.15, 0.2) is 180 Å². The Hall–Kier alpha value is -5.40. The van der Waals surface area contributed by atoms with Crippen LogP contribution in [-0.2, 0) is 10.8 Å². The third-order valence-electron chi connectivity index (χ3n) is 13.8. The van der Waals surface area contributed by atoms with E-state index in [-0.39, 0.29) is 10.8 Å². The third kappa shape index (κ3) is 6.97. The molecule has 0 saturated heterocycles. The average molecular weight is 758 g/mol. The maximum atomic E-state index is 2.58. The van der Waals surface area contributed by atoms with Gasteiger partial charge in [-0.1, -0.05) is 168 Å². The zero-order valence-corrected chi connectivity index (χ0v) is 35.3.